The lowest BCUT2D eigenvalue weighted by Crippen LogP contribution is -2.41. The van der Waals surface area contributed by atoms with Gasteiger partial charge in [0.15, 0.2) is 5.96 Å². The van der Waals surface area contributed by atoms with E-state index in [9.17, 15) is 52.0 Å². The van der Waals surface area contributed by atoms with Crippen molar-refractivity contribution < 1.29 is 51.5 Å². The largest absolute Gasteiger partial charge is 0.507 e. The molecule has 0 radical (unpaired) electrons. The summed E-state index contributed by atoms with van der Waals surface area (Å²) < 4.78 is 54.8. The molecule has 1 heterocycles. The first-order chi connectivity index (χ1) is 20.5. The molecule has 44 heavy (non-hydrogen) atoms. The fraction of sp³-hybridized carbons (Fsp3) is 0.346. The van der Waals surface area contributed by atoms with E-state index in [1.807, 2.05) is 0 Å². The van der Waals surface area contributed by atoms with Crippen LogP contribution in [0.4, 0.5) is 28.9 Å². The first-order valence-electron chi connectivity index (χ1n) is 12.7. The number of nitrogens with zero attached hydrogens (tertiary/aromatic N) is 2. The number of esters is 2. The van der Waals surface area contributed by atoms with Crippen molar-refractivity contribution in [1.82, 2.24) is 16.0 Å². The molecule has 1 aliphatic heterocycles. The van der Waals surface area contributed by atoms with Crippen molar-refractivity contribution in [2.75, 3.05) is 25.0 Å². The zero-order chi connectivity index (χ0) is 32.8. The predicted molar refractivity (Wildman–Crippen MR) is 144 cm³/mol. The number of carbonyl (C=O) groups excluding carboxylic acids is 4. The highest BCUT2D eigenvalue weighted by Gasteiger charge is 2.42. The Morgan fingerprint density at radius 2 is 1.89 bits per heavy atom. The summed E-state index contributed by atoms with van der Waals surface area (Å²) in [6.45, 7) is 2.12. The molecular formula is C26H26F4N6O8. The Hall–Kier alpha value is -5.29. The molecule has 1 unspecified atom stereocenters. The molecule has 0 fully saturated rings. The fourth-order valence-corrected chi connectivity index (χ4v) is 4.03. The molecular weight excluding hydrogens is 600 g/mol. The lowest BCUT2D eigenvalue weighted by Gasteiger charge is -2.21. The molecule has 2 amide bonds. The fourth-order valence-electron chi connectivity index (χ4n) is 4.03. The highest BCUT2D eigenvalue weighted by atomic mass is 19.4. The summed E-state index contributed by atoms with van der Waals surface area (Å²) in [5.74, 6) is -6.64. The van der Waals surface area contributed by atoms with Gasteiger partial charge in [-0.25, -0.2) is 14.2 Å². The van der Waals surface area contributed by atoms with Crippen molar-refractivity contribution in [3.05, 3.63) is 62.7 Å². The molecule has 2 aromatic carbocycles. The summed E-state index contributed by atoms with van der Waals surface area (Å²) in [4.78, 5) is 63.3. The molecule has 236 valence electrons. The second-order valence-corrected chi connectivity index (χ2v) is 9.60. The zero-order valence-corrected chi connectivity index (χ0v) is 23.1. The third-order valence-electron chi connectivity index (χ3n) is 6.00. The number of hydrogen-bond acceptors (Lipinski definition) is 11. The topological polar surface area (TPSA) is 201 Å². The van der Waals surface area contributed by atoms with E-state index in [0.29, 0.717) is 11.1 Å². The van der Waals surface area contributed by atoms with Gasteiger partial charge in [-0.15, -0.1) is 0 Å². The molecule has 14 nitrogen and oxygen atoms in total. The quantitative estimate of drug-likeness (QED) is 0.0904. The molecule has 0 spiro atoms. The number of halogens is 4. The molecule has 5 N–H and O–H groups in total. The van der Waals surface area contributed by atoms with Crippen LogP contribution in [-0.4, -0.2) is 71.7 Å². The summed E-state index contributed by atoms with van der Waals surface area (Å²) in [7, 11) is 0. The maximum absolute atomic E-state index is 13.3. The number of amides is 2. The molecule has 0 saturated carbocycles. The third kappa shape index (κ3) is 9.10. The molecule has 0 bridgehead atoms. The number of hydrogen-bond donors (Lipinski definition) is 5. The number of aliphatic imine (C=N–C) groups is 1. The smallest absolute Gasteiger partial charge is 0.491 e. The molecule has 2 atom stereocenters. The van der Waals surface area contributed by atoms with Crippen LogP contribution >= 0.6 is 0 Å². The van der Waals surface area contributed by atoms with E-state index in [4.69, 9.17) is 0 Å². The van der Waals surface area contributed by atoms with Crippen LogP contribution in [0.25, 0.3) is 0 Å². The minimum Gasteiger partial charge on any atom is -0.507 e. The molecule has 1 aliphatic rings. The van der Waals surface area contributed by atoms with Crippen LogP contribution in [0.2, 0.25) is 0 Å². The molecule has 2 aromatic rings. The standard InChI is InChI=1S/C26H26F4N6O8/c1-12-3-13(2)22(39)18(4-12)19(8-21(38)44-24(41)26(28,29)30)35-20(37)11-31-23(40)14-5-16(7-17(6-14)36(42)43)34-25-32-9-15(27)10-33-25/h3-7,15,19,39H,8-11H2,1-2H3,(H,31,40)(H,35,37)(H2,32,33,34)/t19-/m1/s1. The first-order valence-corrected chi connectivity index (χ1v) is 12.7. The van der Waals surface area contributed by atoms with Gasteiger partial charge < -0.3 is 31.1 Å². The number of phenols is 1. The van der Waals surface area contributed by atoms with Crippen LogP contribution in [0.3, 0.4) is 0 Å². The van der Waals surface area contributed by atoms with E-state index in [-0.39, 0.29) is 35.9 Å². The maximum Gasteiger partial charge on any atom is 0.491 e. The summed E-state index contributed by atoms with van der Waals surface area (Å²) >= 11 is 0. The third-order valence-corrected chi connectivity index (χ3v) is 6.00. The monoisotopic (exact) mass is 626 g/mol. The van der Waals surface area contributed by atoms with Gasteiger partial charge in [0.25, 0.3) is 11.6 Å². The molecule has 18 heteroatoms. The summed E-state index contributed by atoms with van der Waals surface area (Å²) in [5.41, 5.74) is 0.0763. The lowest BCUT2D eigenvalue weighted by molar-refractivity contribution is -0.384. The van der Waals surface area contributed by atoms with Gasteiger partial charge in [-0.1, -0.05) is 17.7 Å². The number of alkyl halides is 4. The Bertz CT molecular complexity index is 1510. The number of anilines is 1. The number of nitro benzene ring substituents is 1. The molecule has 3 rings (SSSR count). The van der Waals surface area contributed by atoms with Crippen molar-refractivity contribution in [1.29, 1.82) is 0 Å². The van der Waals surface area contributed by atoms with Crippen LogP contribution in [0, 0.1) is 24.0 Å². The minimum absolute atomic E-state index is 0.0506. The van der Waals surface area contributed by atoms with Crippen molar-refractivity contribution in [2.24, 2.45) is 4.99 Å². The van der Waals surface area contributed by atoms with Gasteiger partial charge >= 0.3 is 18.1 Å². The van der Waals surface area contributed by atoms with Gasteiger partial charge in [-0.2, -0.15) is 13.2 Å². The SMILES string of the molecule is Cc1cc(C)c(O)c([C@@H](CC(=O)OC(=O)C(F)(F)F)NC(=O)CNC(=O)c2cc(NC3=NCC(F)CN3)cc([N+](=O)[O-])c2)c1. The van der Waals surface area contributed by atoms with Crippen LogP contribution in [-0.2, 0) is 19.1 Å². The van der Waals surface area contributed by atoms with Crippen LogP contribution in [0.1, 0.15) is 39.5 Å². The number of benzene rings is 2. The Balaban J connectivity index is 1.75. The van der Waals surface area contributed by atoms with E-state index >= 15 is 0 Å². The second-order valence-electron chi connectivity index (χ2n) is 9.60. The van der Waals surface area contributed by atoms with Crippen molar-refractivity contribution in [3.8, 4) is 5.75 Å². The highest BCUT2D eigenvalue weighted by molar-refractivity contribution is 6.00. The number of rotatable bonds is 9. The molecule has 0 aliphatic carbocycles. The first kappa shape index (κ1) is 33.2. The van der Waals surface area contributed by atoms with Gasteiger partial charge in [0.1, 0.15) is 11.9 Å². The normalized spacial score (nSPS) is 15.2. The van der Waals surface area contributed by atoms with E-state index in [2.05, 4.69) is 31.0 Å². The Morgan fingerprint density at radius 3 is 2.50 bits per heavy atom. The van der Waals surface area contributed by atoms with Crippen molar-refractivity contribution in [2.45, 2.75) is 38.7 Å². The number of non-ortho nitro benzene ring substituents is 1. The predicted octanol–water partition coefficient (Wildman–Crippen LogP) is 2.24. The Labute approximate surface area is 246 Å². The van der Waals surface area contributed by atoms with Gasteiger partial charge in [0.05, 0.1) is 37.0 Å². The number of carbonyl (C=O) groups is 4. The van der Waals surface area contributed by atoms with E-state index in [0.717, 1.165) is 12.1 Å². The van der Waals surface area contributed by atoms with Gasteiger partial charge in [-0.05, 0) is 25.5 Å². The number of aromatic hydroxyl groups is 1. The average Bonchev–Trinajstić information content (AvgIpc) is 2.93. The maximum atomic E-state index is 13.3. The van der Waals surface area contributed by atoms with Gasteiger partial charge in [0, 0.05) is 28.9 Å². The van der Waals surface area contributed by atoms with Crippen LogP contribution in [0.5, 0.6) is 5.75 Å². The van der Waals surface area contributed by atoms with E-state index in [1.54, 1.807) is 13.0 Å². The Kier molecular flexibility index (Phi) is 10.4. The van der Waals surface area contributed by atoms with Gasteiger partial charge in [-0.3, -0.25) is 24.5 Å². The van der Waals surface area contributed by atoms with Crippen molar-refractivity contribution in [3.63, 3.8) is 0 Å². The zero-order valence-electron chi connectivity index (χ0n) is 23.1. The van der Waals surface area contributed by atoms with Crippen LogP contribution in [0.15, 0.2) is 35.3 Å². The number of nitrogens with one attached hydrogen (secondary N) is 4. The summed E-state index contributed by atoms with van der Waals surface area (Å²) in [6, 6.07) is 4.64. The molecule has 0 aromatic heterocycles. The van der Waals surface area contributed by atoms with E-state index < -0.39 is 71.5 Å². The molecule has 0 saturated heterocycles. The van der Waals surface area contributed by atoms with E-state index in [1.165, 1.54) is 19.1 Å². The van der Waals surface area contributed by atoms with Crippen LogP contribution < -0.4 is 21.3 Å². The number of nitro groups is 1. The number of phenolic OH excluding ortho intramolecular Hbond substituents is 1. The number of aryl methyl sites for hydroxylation is 2. The minimum atomic E-state index is -5.46. The summed E-state index contributed by atoms with van der Waals surface area (Å²) in [6.07, 6.45) is -7.68. The number of guanidine groups is 1. The Morgan fingerprint density at radius 1 is 1.18 bits per heavy atom. The summed E-state index contributed by atoms with van der Waals surface area (Å²) in [5, 5.41) is 31.8. The van der Waals surface area contributed by atoms with Gasteiger partial charge in [0.2, 0.25) is 5.91 Å². The number of ether oxygens (including phenoxy) is 1. The average molecular weight is 627 g/mol. The highest BCUT2D eigenvalue weighted by Crippen LogP contribution is 2.31. The lowest BCUT2D eigenvalue weighted by atomic mass is 9.97. The second kappa shape index (κ2) is 13.8. The van der Waals surface area contributed by atoms with Crippen molar-refractivity contribution >= 4 is 41.1 Å².